The van der Waals surface area contributed by atoms with Gasteiger partial charge in [0.1, 0.15) is 6.17 Å². The van der Waals surface area contributed by atoms with Gasteiger partial charge in [-0.2, -0.15) is 0 Å². The van der Waals surface area contributed by atoms with Gasteiger partial charge in [0.2, 0.25) is 5.91 Å². The van der Waals surface area contributed by atoms with Crippen molar-refractivity contribution in [2.24, 2.45) is 0 Å². The van der Waals surface area contributed by atoms with E-state index in [0.29, 0.717) is 5.92 Å². The van der Waals surface area contributed by atoms with Crippen molar-refractivity contribution < 1.29 is 4.79 Å². The first kappa shape index (κ1) is 13.1. The van der Waals surface area contributed by atoms with Gasteiger partial charge >= 0.3 is 0 Å². The summed E-state index contributed by atoms with van der Waals surface area (Å²) in [6.07, 6.45) is 0.854. The Labute approximate surface area is 109 Å². The topological polar surface area (TPSA) is 32.3 Å². The fraction of sp³-hybridized carbons (Fsp3) is 0.533. The van der Waals surface area contributed by atoms with Crippen molar-refractivity contribution in [3.63, 3.8) is 0 Å². The van der Waals surface area contributed by atoms with Gasteiger partial charge < -0.3 is 4.90 Å². The van der Waals surface area contributed by atoms with E-state index in [9.17, 15) is 4.79 Å². The molecule has 0 radical (unpaired) electrons. The van der Waals surface area contributed by atoms with Crippen LogP contribution >= 0.6 is 0 Å². The minimum absolute atomic E-state index is 0.0173. The molecule has 1 heterocycles. The van der Waals surface area contributed by atoms with E-state index >= 15 is 0 Å². The molecule has 1 N–H and O–H groups in total. The van der Waals surface area contributed by atoms with Crippen LogP contribution in [0.15, 0.2) is 24.3 Å². The van der Waals surface area contributed by atoms with Crippen LogP contribution in [-0.2, 0) is 4.79 Å². The predicted octanol–water partition coefficient (Wildman–Crippen LogP) is 2.65. The summed E-state index contributed by atoms with van der Waals surface area (Å²) in [6, 6.07) is 8.51. The molecule has 2 unspecified atom stereocenters. The summed E-state index contributed by atoms with van der Waals surface area (Å²) in [4.78, 5) is 13.8. The minimum atomic E-state index is -0.0372. The van der Waals surface area contributed by atoms with E-state index in [1.54, 1.807) is 4.90 Å². The molecule has 1 amide bonds. The van der Waals surface area contributed by atoms with Crippen LogP contribution in [0, 0.1) is 0 Å². The summed E-state index contributed by atoms with van der Waals surface area (Å²) >= 11 is 0. The van der Waals surface area contributed by atoms with Gasteiger partial charge in [-0.3, -0.25) is 10.1 Å². The number of amides is 1. The van der Waals surface area contributed by atoms with Gasteiger partial charge in [0.25, 0.3) is 0 Å². The Morgan fingerprint density at radius 3 is 2.33 bits per heavy atom. The number of likely N-dealkylation sites (N-methyl/N-ethyl adjacent to an activating group) is 1. The van der Waals surface area contributed by atoms with Gasteiger partial charge in [0.15, 0.2) is 0 Å². The predicted molar refractivity (Wildman–Crippen MR) is 73.3 cm³/mol. The summed E-state index contributed by atoms with van der Waals surface area (Å²) in [5.74, 6) is 0.730. The maximum absolute atomic E-state index is 12.0. The molecule has 98 valence electrons. The van der Waals surface area contributed by atoms with Gasteiger partial charge in [0.05, 0.1) is 6.04 Å². The number of carbonyl (C=O) groups excluding carboxylic acids is 1. The van der Waals surface area contributed by atoms with Crippen LogP contribution in [0.2, 0.25) is 0 Å². The SMILES string of the molecule is CCC1NC(c2ccc(C(C)C)cc2)N(C)C1=O. The third kappa shape index (κ3) is 2.27. The van der Waals surface area contributed by atoms with Crippen molar-refractivity contribution in [1.82, 2.24) is 10.2 Å². The highest BCUT2D eigenvalue weighted by Crippen LogP contribution is 2.26. The summed E-state index contributed by atoms with van der Waals surface area (Å²) in [6.45, 7) is 6.41. The summed E-state index contributed by atoms with van der Waals surface area (Å²) in [5, 5.41) is 3.38. The number of carbonyl (C=O) groups is 1. The molecule has 3 heteroatoms. The quantitative estimate of drug-likeness (QED) is 0.889. The second-order valence-corrected chi connectivity index (χ2v) is 5.30. The lowest BCUT2D eigenvalue weighted by molar-refractivity contribution is -0.128. The molecule has 1 aliphatic heterocycles. The van der Waals surface area contributed by atoms with Gasteiger partial charge in [-0.15, -0.1) is 0 Å². The number of rotatable bonds is 3. The molecule has 0 aliphatic carbocycles. The maximum Gasteiger partial charge on any atom is 0.241 e. The van der Waals surface area contributed by atoms with Gasteiger partial charge in [-0.05, 0) is 23.5 Å². The Hall–Kier alpha value is -1.35. The van der Waals surface area contributed by atoms with Crippen molar-refractivity contribution in [3.05, 3.63) is 35.4 Å². The largest absolute Gasteiger partial charge is 0.325 e. The first-order valence-electron chi connectivity index (χ1n) is 6.67. The number of benzene rings is 1. The van der Waals surface area contributed by atoms with E-state index in [1.807, 2.05) is 14.0 Å². The van der Waals surface area contributed by atoms with Crippen LogP contribution in [0.1, 0.15) is 50.4 Å². The zero-order valence-corrected chi connectivity index (χ0v) is 11.6. The van der Waals surface area contributed by atoms with Crippen molar-refractivity contribution in [3.8, 4) is 0 Å². The van der Waals surface area contributed by atoms with Crippen LogP contribution in [0.3, 0.4) is 0 Å². The Bertz CT molecular complexity index is 425. The number of hydrogen-bond donors (Lipinski definition) is 1. The highest BCUT2D eigenvalue weighted by Gasteiger charge is 2.35. The highest BCUT2D eigenvalue weighted by atomic mass is 16.2. The van der Waals surface area contributed by atoms with Crippen molar-refractivity contribution >= 4 is 5.91 Å². The standard InChI is InChI=1S/C15H22N2O/c1-5-13-15(18)17(4)14(16-13)12-8-6-11(7-9-12)10(2)3/h6-10,13-14,16H,5H2,1-4H3. The van der Waals surface area contributed by atoms with E-state index in [-0.39, 0.29) is 18.1 Å². The molecule has 1 aromatic rings. The number of hydrogen-bond acceptors (Lipinski definition) is 2. The van der Waals surface area contributed by atoms with Crippen molar-refractivity contribution in [1.29, 1.82) is 0 Å². The molecule has 2 atom stereocenters. The van der Waals surface area contributed by atoms with Crippen LogP contribution in [0.5, 0.6) is 0 Å². The Morgan fingerprint density at radius 2 is 1.89 bits per heavy atom. The third-order valence-electron chi connectivity index (χ3n) is 3.72. The normalized spacial score (nSPS) is 24.1. The lowest BCUT2D eigenvalue weighted by atomic mass is 10.0. The van der Waals surface area contributed by atoms with Gasteiger partial charge in [-0.25, -0.2) is 0 Å². The van der Waals surface area contributed by atoms with Gasteiger partial charge in [0, 0.05) is 7.05 Å². The fourth-order valence-electron chi connectivity index (χ4n) is 2.42. The monoisotopic (exact) mass is 246 g/mol. The lowest BCUT2D eigenvalue weighted by Crippen LogP contribution is -2.27. The Balaban J connectivity index is 2.19. The maximum atomic E-state index is 12.0. The van der Waals surface area contributed by atoms with E-state index in [0.717, 1.165) is 12.0 Å². The van der Waals surface area contributed by atoms with Gasteiger partial charge in [-0.1, -0.05) is 45.0 Å². The first-order valence-corrected chi connectivity index (χ1v) is 6.67. The molecule has 1 saturated heterocycles. The smallest absolute Gasteiger partial charge is 0.241 e. The van der Waals surface area contributed by atoms with Crippen LogP contribution < -0.4 is 5.32 Å². The van der Waals surface area contributed by atoms with E-state index in [4.69, 9.17) is 0 Å². The van der Waals surface area contributed by atoms with Crippen LogP contribution in [0.25, 0.3) is 0 Å². The molecule has 3 nitrogen and oxygen atoms in total. The van der Waals surface area contributed by atoms with Crippen LogP contribution in [0.4, 0.5) is 0 Å². The fourth-order valence-corrected chi connectivity index (χ4v) is 2.42. The zero-order chi connectivity index (χ0) is 13.3. The summed E-state index contributed by atoms with van der Waals surface area (Å²) in [7, 11) is 1.87. The van der Waals surface area contributed by atoms with Crippen LogP contribution in [-0.4, -0.2) is 23.9 Å². The molecule has 0 saturated carbocycles. The molecule has 1 aliphatic rings. The summed E-state index contributed by atoms with van der Waals surface area (Å²) in [5.41, 5.74) is 2.49. The second kappa shape index (κ2) is 5.11. The lowest BCUT2D eigenvalue weighted by Gasteiger charge is -2.20. The number of nitrogens with one attached hydrogen (secondary N) is 1. The first-order chi connectivity index (χ1) is 8.54. The van der Waals surface area contributed by atoms with Crippen molar-refractivity contribution in [2.75, 3.05) is 7.05 Å². The molecular weight excluding hydrogens is 224 g/mol. The second-order valence-electron chi connectivity index (χ2n) is 5.30. The van der Waals surface area contributed by atoms with E-state index in [2.05, 4.69) is 43.4 Å². The molecular formula is C15H22N2O. The van der Waals surface area contributed by atoms with E-state index < -0.39 is 0 Å². The third-order valence-corrected chi connectivity index (χ3v) is 3.72. The minimum Gasteiger partial charge on any atom is -0.325 e. The Kier molecular flexibility index (Phi) is 3.71. The highest BCUT2D eigenvalue weighted by molar-refractivity contribution is 5.84. The molecule has 0 aromatic heterocycles. The molecule has 1 aromatic carbocycles. The average molecular weight is 246 g/mol. The van der Waals surface area contributed by atoms with Crippen molar-refractivity contribution in [2.45, 2.75) is 45.3 Å². The molecule has 18 heavy (non-hydrogen) atoms. The molecule has 2 rings (SSSR count). The molecule has 0 bridgehead atoms. The zero-order valence-electron chi connectivity index (χ0n) is 11.6. The Morgan fingerprint density at radius 1 is 1.28 bits per heavy atom. The molecule has 0 spiro atoms. The number of nitrogens with zero attached hydrogens (tertiary/aromatic N) is 1. The molecule has 1 fully saturated rings. The summed E-state index contributed by atoms with van der Waals surface area (Å²) < 4.78 is 0. The van der Waals surface area contributed by atoms with E-state index in [1.165, 1.54) is 5.56 Å². The average Bonchev–Trinajstić information content (AvgIpc) is 2.66.